The van der Waals surface area contributed by atoms with Crippen molar-refractivity contribution in [1.82, 2.24) is 19.1 Å². The molecule has 9 aromatic carbocycles. The van der Waals surface area contributed by atoms with Gasteiger partial charge in [0.15, 0.2) is 0 Å². The second-order valence-corrected chi connectivity index (χ2v) is 17.0. The van der Waals surface area contributed by atoms with Crippen LogP contribution in [0.1, 0.15) is 25.0 Å². The molecule has 1 aliphatic carbocycles. The number of para-hydroxylation sites is 4. The van der Waals surface area contributed by atoms with E-state index in [1.165, 1.54) is 71.2 Å². The summed E-state index contributed by atoms with van der Waals surface area (Å²) in [5.74, 6) is 0.659. The second-order valence-electron chi connectivity index (χ2n) is 17.0. The Morgan fingerprint density at radius 1 is 0.377 bits per heavy atom. The van der Waals surface area contributed by atoms with Gasteiger partial charge >= 0.3 is 0 Å². The average Bonchev–Trinajstić information content (AvgIpc) is 3.91. The van der Waals surface area contributed by atoms with Gasteiger partial charge in [-0.15, -0.1) is 0 Å². The lowest BCUT2D eigenvalue weighted by Gasteiger charge is -2.22. The minimum Gasteiger partial charge on any atom is -0.309 e. The number of nitrogens with zero attached hydrogens (tertiary/aromatic N) is 4. The van der Waals surface area contributed by atoms with Gasteiger partial charge in [-0.05, 0) is 87.3 Å². The summed E-state index contributed by atoms with van der Waals surface area (Å²) in [4.78, 5) is 10.9. The third kappa shape index (κ3) is 4.82. The van der Waals surface area contributed by atoms with Gasteiger partial charge in [0.2, 0.25) is 5.95 Å². The Kier molecular flexibility index (Phi) is 7.04. The first kappa shape index (κ1) is 34.1. The second kappa shape index (κ2) is 12.6. The molecule has 0 saturated carbocycles. The molecule has 0 spiro atoms. The molecular formula is C57H38N4. The first-order valence-corrected chi connectivity index (χ1v) is 21.1. The Balaban J connectivity index is 1.06. The van der Waals surface area contributed by atoms with Gasteiger partial charge in [0, 0.05) is 49.0 Å². The number of fused-ring (bicyclic) bond motifs is 12. The number of hydrogen-bond donors (Lipinski definition) is 0. The van der Waals surface area contributed by atoms with Crippen molar-refractivity contribution >= 4 is 65.3 Å². The lowest BCUT2D eigenvalue weighted by Crippen LogP contribution is -2.15. The summed E-state index contributed by atoms with van der Waals surface area (Å²) in [5.41, 5.74) is 16.2. The van der Waals surface area contributed by atoms with E-state index in [4.69, 9.17) is 9.97 Å². The molecular weight excluding hydrogens is 741 g/mol. The number of benzene rings is 9. The van der Waals surface area contributed by atoms with Crippen molar-refractivity contribution in [2.75, 3.05) is 0 Å². The molecule has 0 amide bonds. The van der Waals surface area contributed by atoms with Crippen LogP contribution in [0, 0.1) is 0 Å². The van der Waals surface area contributed by atoms with Crippen molar-refractivity contribution < 1.29 is 0 Å². The van der Waals surface area contributed by atoms with Gasteiger partial charge < -0.3 is 4.57 Å². The molecule has 12 aromatic rings. The van der Waals surface area contributed by atoms with Gasteiger partial charge in [0.25, 0.3) is 0 Å². The Morgan fingerprint density at radius 3 is 1.80 bits per heavy atom. The highest BCUT2D eigenvalue weighted by Crippen LogP contribution is 2.50. The fraction of sp³-hybridized carbons (Fsp3) is 0.0526. The van der Waals surface area contributed by atoms with Crippen LogP contribution in [-0.4, -0.2) is 19.1 Å². The van der Waals surface area contributed by atoms with Crippen molar-refractivity contribution in [2.45, 2.75) is 19.3 Å². The largest absolute Gasteiger partial charge is 0.309 e. The minimum absolute atomic E-state index is 0.125. The van der Waals surface area contributed by atoms with Crippen LogP contribution < -0.4 is 0 Å². The van der Waals surface area contributed by atoms with E-state index in [0.717, 1.165) is 44.4 Å². The maximum atomic E-state index is 5.54. The van der Waals surface area contributed by atoms with Gasteiger partial charge in [0.05, 0.1) is 33.3 Å². The molecule has 0 saturated heterocycles. The minimum atomic E-state index is -0.125. The van der Waals surface area contributed by atoms with E-state index >= 15 is 0 Å². The molecule has 0 fully saturated rings. The highest BCUT2D eigenvalue weighted by atomic mass is 15.2. The van der Waals surface area contributed by atoms with E-state index in [2.05, 4.69) is 217 Å². The molecule has 0 atom stereocenters. The Morgan fingerprint density at radius 2 is 0.984 bits per heavy atom. The van der Waals surface area contributed by atoms with Crippen LogP contribution >= 0.6 is 0 Å². The smallest absolute Gasteiger partial charge is 0.235 e. The average molecular weight is 779 g/mol. The van der Waals surface area contributed by atoms with Crippen LogP contribution in [0.15, 0.2) is 194 Å². The van der Waals surface area contributed by atoms with Crippen LogP contribution in [0.4, 0.5) is 0 Å². The number of rotatable bonds is 4. The molecule has 286 valence electrons. The molecule has 1 aliphatic rings. The summed E-state index contributed by atoms with van der Waals surface area (Å²) < 4.78 is 4.70. The van der Waals surface area contributed by atoms with Crippen LogP contribution in [0.3, 0.4) is 0 Å². The van der Waals surface area contributed by atoms with Crippen molar-refractivity contribution in [1.29, 1.82) is 0 Å². The molecule has 0 radical (unpaired) electrons. The Labute approximate surface area is 352 Å². The molecule has 0 aliphatic heterocycles. The molecule has 4 nitrogen and oxygen atoms in total. The number of aromatic nitrogens is 4. The monoisotopic (exact) mass is 778 g/mol. The summed E-state index contributed by atoms with van der Waals surface area (Å²) in [6.45, 7) is 4.67. The summed E-state index contributed by atoms with van der Waals surface area (Å²) in [7, 11) is 0. The Bertz CT molecular complexity index is 3790. The lowest BCUT2D eigenvalue weighted by molar-refractivity contribution is 0.660. The van der Waals surface area contributed by atoms with Crippen LogP contribution in [-0.2, 0) is 5.41 Å². The standard InChI is InChI=1S/C57H38N4/c1-57(2)48-24-12-8-19-39(48)40-30-29-36(32-49(40)57)54-45-23-9-13-25-50(45)58-56(59-54)61-52-27-15-10-20-41(52)43-31-28-35(33-53(43)61)46-34-47-42-21-11-14-26-51(42)60(37-16-4-3-5-17-37)55(47)44-22-7-6-18-38(44)46/h3-34H,1-2H3. The maximum absolute atomic E-state index is 5.54. The first-order valence-electron chi connectivity index (χ1n) is 21.1. The van der Waals surface area contributed by atoms with Crippen molar-refractivity contribution in [2.24, 2.45) is 0 Å². The Hall–Kier alpha value is -7.82. The van der Waals surface area contributed by atoms with E-state index < -0.39 is 0 Å². The van der Waals surface area contributed by atoms with Gasteiger partial charge in [-0.1, -0.05) is 159 Å². The summed E-state index contributed by atoms with van der Waals surface area (Å²) in [5, 5.41) is 8.28. The zero-order chi connectivity index (χ0) is 40.4. The van der Waals surface area contributed by atoms with E-state index in [9.17, 15) is 0 Å². The zero-order valence-electron chi connectivity index (χ0n) is 33.8. The molecule has 4 heteroatoms. The third-order valence-electron chi connectivity index (χ3n) is 13.3. The van der Waals surface area contributed by atoms with Crippen molar-refractivity contribution in [3.8, 4) is 45.1 Å². The molecule has 3 aromatic heterocycles. The van der Waals surface area contributed by atoms with Gasteiger partial charge in [-0.25, -0.2) is 9.97 Å². The fourth-order valence-corrected chi connectivity index (χ4v) is 10.5. The third-order valence-corrected chi connectivity index (χ3v) is 13.3. The van der Waals surface area contributed by atoms with E-state index in [0.29, 0.717) is 5.95 Å². The molecule has 0 N–H and O–H groups in total. The summed E-state index contributed by atoms with van der Waals surface area (Å²) >= 11 is 0. The van der Waals surface area contributed by atoms with Gasteiger partial charge in [-0.2, -0.15) is 0 Å². The van der Waals surface area contributed by atoms with E-state index in [1.807, 2.05) is 0 Å². The first-order chi connectivity index (χ1) is 30.0. The molecule has 13 rings (SSSR count). The molecule has 0 unspecified atom stereocenters. The zero-order valence-corrected chi connectivity index (χ0v) is 33.8. The molecule has 3 heterocycles. The van der Waals surface area contributed by atoms with E-state index in [-0.39, 0.29) is 5.41 Å². The predicted octanol–water partition coefficient (Wildman–Crippen LogP) is 14.6. The quantitative estimate of drug-likeness (QED) is 0.178. The summed E-state index contributed by atoms with van der Waals surface area (Å²) in [6.07, 6.45) is 0. The lowest BCUT2D eigenvalue weighted by atomic mass is 9.82. The van der Waals surface area contributed by atoms with Crippen molar-refractivity contribution in [3.63, 3.8) is 0 Å². The highest BCUT2D eigenvalue weighted by molar-refractivity contribution is 6.22. The normalized spacial score (nSPS) is 13.2. The maximum Gasteiger partial charge on any atom is 0.235 e. The van der Waals surface area contributed by atoms with Crippen LogP contribution in [0.25, 0.3) is 110 Å². The predicted molar refractivity (Wildman–Crippen MR) is 254 cm³/mol. The van der Waals surface area contributed by atoms with Crippen molar-refractivity contribution in [3.05, 3.63) is 205 Å². The summed E-state index contributed by atoms with van der Waals surface area (Å²) in [6, 6.07) is 70.5. The molecule has 61 heavy (non-hydrogen) atoms. The van der Waals surface area contributed by atoms with Gasteiger partial charge in [0.1, 0.15) is 0 Å². The number of hydrogen-bond acceptors (Lipinski definition) is 2. The van der Waals surface area contributed by atoms with E-state index in [1.54, 1.807) is 0 Å². The van der Waals surface area contributed by atoms with Gasteiger partial charge in [-0.3, -0.25) is 4.57 Å². The topological polar surface area (TPSA) is 35.6 Å². The molecule has 0 bridgehead atoms. The van der Waals surface area contributed by atoms with Crippen LogP contribution in [0.2, 0.25) is 0 Å². The SMILES string of the molecule is CC1(C)c2ccccc2-c2ccc(-c3nc(-n4c5ccccc5c5ccc(-c6cc7c8ccccc8n(-c8ccccc8)c7c7ccccc67)cc54)nc4ccccc34)cc21. The fourth-order valence-electron chi connectivity index (χ4n) is 10.5. The van der Waals surface area contributed by atoms with Crippen LogP contribution in [0.5, 0.6) is 0 Å². The highest BCUT2D eigenvalue weighted by Gasteiger charge is 2.35.